The van der Waals surface area contributed by atoms with Crippen LogP contribution in [0.4, 0.5) is 0 Å². The molecule has 1 aliphatic rings. The molecule has 0 saturated carbocycles. The molecule has 1 fully saturated rings. The highest BCUT2D eigenvalue weighted by Gasteiger charge is 2.14. The van der Waals surface area contributed by atoms with Crippen molar-refractivity contribution < 1.29 is 9.84 Å². The molecule has 1 rings (SSSR count). The van der Waals surface area contributed by atoms with E-state index in [-0.39, 0.29) is 6.10 Å². The van der Waals surface area contributed by atoms with E-state index in [0.717, 1.165) is 26.2 Å². The zero-order valence-electron chi connectivity index (χ0n) is 10.6. The molecule has 0 aliphatic carbocycles. The Balaban J connectivity index is 2.05. The van der Waals surface area contributed by atoms with E-state index < -0.39 is 6.10 Å². The summed E-state index contributed by atoms with van der Waals surface area (Å²) < 4.78 is 5.34. The molecule has 2 N–H and O–H groups in total. The van der Waals surface area contributed by atoms with Crippen LogP contribution in [-0.2, 0) is 4.74 Å². The summed E-state index contributed by atoms with van der Waals surface area (Å²) in [6.07, 6.45) is -0.250. The highest BCUT2D eigenvalue weighted by molar-refractivity contribution is 4.67. The van der Waals surface area contributed by atoms with Crippen molar-refractivity contribution in [2.75, 3.05) is 46.4 Å². The molecule has 1 atom stereocenters. The maximum atomic E-state index is 9.66. The molecule has 0 aromatic carbocycles. The van der Waals surface area contributed by atoms with Gasteiger partial charge in [-0.25, -0.2) is 5.01 Å². The third-order valence-corrected chi connectivity index (χ3v) is 2.68. The van der Waals surface area contributed by atoms with Crippen LogP contribution in [0.1, 0.15) is 13.8 Å². The Hall–Kier alpha value is -0.200. The number of aliphatic hydroxyl groups is 1. The molecule has 1 saturated heterocycles. The number of piperazine rings is 1. The first-order valence-electron chi connectivity index (χ1n) is 6.04. The number of likely N-dealkylation sites (N-methyl/N-ethyl adjacent to an activating group) is 1. The SMILES string of the molecule is CC(C)OCC(O)CNN1CCN(C)CC1. The molecular formula is C11H25N3O2. The van der Waals surface area contributed by atoms with Gasteiger partial charge in [-0.3, -0.25) is 5.43 Å². The molecule has 1 heterocycles. The van der Waals surface area contributed by atoms with Crippen LogP contribution >= 0.6 is 0 Å². The number of hydrogen-bond donors (Lipinski definition) is 2. The van der Waals surface area contributed by atoms with E-state index >= 15 is 0 Å². The number of hydrogen-bond acceptors (Lipinski definition) is 5. The summed E-state index contributed by atoms with van der Waals surface area (Å²) in [5.41, 5.74) is 3.24. The second-order valence-corrected chi connectivity index (χ2v) is 4.69. The van der Waals surface area contributed by atoms with Crippen LogP contribution in [0.25, 0.3) is 0 Å². The predicted octanol–water partition coefficient (Wildman–Crippen LogP) is -0.476. The summed E-state index contributed by atoms with van der Waals surface area (Å²) in [6, 6.07) is 0. The van der Waals surface area contributed by atoms with Crippen LogP contribution < -0.4 is 5.43 Å². The molecule has 96 valence electrons. The topological polar surface area (TPSA) is 48.0 Å². The van der Waals surface area contributed by atoms with E-state index in [9.17, 15) is 5.11 Å². The summed E-state index contributed by atoms with van der Waals surface area (Å²) in [7, 11) is 2.13. The molecular weight excluding hydrogens is 206 g/mol. The smallest absolute Gasteiger partial charge is 0.0911 e. The number of nitrogens with zero attached hydrogens (tertiary/aromatic N) is 2. The normalized spacial score (nSPS) is 21.6. The predicted molar refractivity (Wildman–Crippen MR) is 64.2 cm³/mol. The molecule has 0 aromatic heterocycles. The van der Waals surface area contributed by atoms with E-state index in [0.29, 0.717) is 13.2 Å². The monoisotopic (exact) mass is 231 g/mol. The van der Waals surface area contributed by atoms with Gasteiger partial charge in [0.15, 0.2) is 0 Å². The van der Waals surface area contributed by atoms with Crippen molar-refractivity contribution in [1.29, 1.82) is 0 Å². The van der Waals surface area contributed by atoms with Gasteiger partial charge in [0.25, 0.3) is 0 Å². The van der Waals surface area contributed by atoms with Crippen molar-refractivity contribution in [3.8, 4) is 0 Å². The summed E-state index contributed by atoms with van der Waals surface area (Å²) in [5, 5.41) is 11.8. The molecule has 0 bridgehead atoms. The fourth-order valence-electron chi connectivity index (χ4n) is 1.56. The van der Waals surface area contributed by atoms with Crippen LogP contribution in [0.15, 0.2) is 0 Å². The number of ether oxygens (including phenoxy) is 1. The molecule has 5 nitrogen and oxygen atoms in total. The summed E-state index contributed by atoms with van der Waals surface area (Å²) in [6.45, 7) is 9.08. The van der Waals surface area contributed by atoms with Crippen molar-refractivity contribution >= 4 is 0 Å². The molecule has 1 unspecified atom stereocenters. The maximum Gasteiger partial charge on any atom is 0.0911 e. The van der Waals surface area contributed by atoms with Crippen LogP contribution in [0.2, 0.25) is 0 Å². The average Bonchev–Trinajstić information content (AvgIpc) is 2.25. The summed E-state index contributed by atoms with van der Waals surface area (Å²) in [5.74, 6) is 0. The third-order valence-electron chi connectivity index (χ3n) is 2.68. The van der Waals surface area contributed by atoms with Gasteiger partial charge in [-0.05, 0) is 20.9 Å². The van der Waals surface area contributed by atoms with Crippen LogP contribution in [0.3, 0.4) is 0 Å². The lowest BCUT2D eigenvalue weighted by Crippen LogP contribution is -2.52. The van der Waals surface area contributed by atoms with E-state index in [1.165, 1.54) is 0 Å². The van der Waals surface area contributed by atoms with Gasteiger partial charge in [-0.2, -0.15) is 0 Å². The largest absolute Gasteiger partial charge is 0.389 e. The highest BCUT2D eigenvalue weighted by atomic mass is 16.5. The van der Waals surface area contributed by atoms with Gasteiger partial charge in [-0.1, -0.05) is 0 Å². The lowest BCUT2D eigenvalue weighted by Gasteiger charge is -2.33. The highest BCUT2D eigenvalue weighted by Crippen LogP contribution is 1.96. The second kappa shape index (κ2) is 7.19. The van der Waals surface area contributed by atoms with E-state index in [4.69, 9.17) is 4.74 Å². The van der Waals surface area contributed by atoms with Crippen molar-refractivity contribution in [3.63, 3.8) is 0 Å². The Kier molecular flexibility index (Phi) is 6.23. The molecule has 16 heavy (non-hydrogen) atoms. The molecule has 0 radical (unpaired) electrons. The maximum absolute atomic E-state index is 9.66. The number of nitrogens with one attached hydrogen (secondary N) is 1. The van der Waals surface area contributed by atoms with Crippen molar-refractivity contribution in [2.24, 2.45) is 0 Å². The van der Waals surface area contributed by atoms with Gasteiger partial charge in [0, 0.05) is 32.7 Å². The molecule has 5 heteroatoms. The Morgan fingerprint density at radius 3 is 2.44 bits per heavy atom. The van der Waals surface area contributed by atoms with Gasteiger partial charge in [0.1, 0.15) is 0 Å². The second-order valence-electron chi connectivity index (χ2n) is 4.69. The Bertz CT molecular complexity index is 182. The summed E-state index contributed by atoms with van der Waals surface area (Å²) in [4.78, 5) is 2.30. The Labute approximate surface area is 98.3 Å². The van der Waals surface area contributed by atoms with Gasteiger partial charge in [-0.15, -0.1) is 0 Å². The molecule has 0 spiro atoms. The van der Waals surface area contributed by atoms with Crippen LogP contribution in [-0.4, -0.2) is 73.6 Å². The first kappa shape index (κ1) is 13.9. The number of rotatable bonds is 6. The fourth-order valence-corrected chi connectivity index (χ4v) is 1.56. The van der Waals surface area contributed by atoms with Crippen LogP contribution in [0.5, 0.6) is 0 Å². The minimum Gasteiger partial charge on any atom is -0.389 e. The minimum atomic E-state index is -0.429. The van der Waals surface area contributed by atoms with Crippen molar-refractivity contribution in [2.45, 2.75) is 26.1 Å². The number of hydrazine groups is 1. The number of aliphatic hydroxyl groups excluding tert-OH is 1. The summed E-state index contributed by atoms with van der Waals surface area (Å²) >= 11 is 0. The Morgan fingerprint density at radius 1 is 1.25 bits per heavy atom. The zero-order chi connectivity index (χ0) is 12.0. The Morgan fingerprint density at radius 2 is 1.88 bits per heavy atom. The minimum absolute atomic E-state index is 0.179. The van der Waals surface area contributed by atoms with Gasteiger partial charge >= 0.3 is 0 Å². The zero-order valence-corrected chi connectivity index (χ0v) is 10.6. The molecule has 0 aromatic rings. The van der Waals surface area contributed by atoms with Gasteiger partial charge in [0.05, 0.1) is 18.8 Å². The first-order valence-corrected chi connectivity index (χ1v) is 6.04. The van der Waals surface area contributed by atoms with Crippen LogP contribution in [0, 0.1) is 0 Å². The molecule has 1 aliphatic heterocycles. The van der Waals surface area contributed by atoms with E-state index in [2.05, 4.69) is 22.4 Å². The van der Waals surface area contributed by atoms with E-state index in [1.807, 2.05) is 13.8 Å². The van der Waals surface area contributed by atoms with E-state index in [1.54, 1.807) is 0 Å². The average molecular weight is 231 g/mol. The lowest BCUT2D eigenvalue weighted by molar-refractivity contribution is -0.00599. The van der Waals surface area contributed by atoms with Gasteiger partial charge < -0.3 is 14.7 Å². The standard InChI is InChI=1S/C11H25N3O2/c1-10(2)16-9-11(15)8-12-14-6-4-13(3)5-7-14/h10-12,15H,4-9H2,1-3H3. The quantitative estimate of drug-likeness (QED) is 0.647. The van der Waals surface area contributed by atoms with Crippen molar-refractivity contribution in [1.82, 2.24) is 15.3 Å². The molecule has 0 amide bonds. The third kappa shape index (κ3) is 5.77. The van der Waals surface area contributed by atoms with Gasteiger partial charge in [0.2, 0.25) is 0 Å². The van der Waals surface area contributed by atoms with Crippen molar-refractivity contribution in [3.05, 3.63) is 0 Å². The fraction of sp³-hybridized carbons (Fsp3) is 1.00. The first-order chi connectivity index (χ1) is 7.58. The lowest BCUT2D eigenvalue weighted by atomic mass is 10.3.